The number of aliphatic hydroxyl groups excluding tert-OH is 1. The van der Waals surface area contributed by atoms with Crippen LogP contribution in [0, 0.1) is 15.9 Å². The van der Waals surface area contributed by atoms with Crippen LogP contribution in [0.2, 0.25) is 0 Å². The van der Waals surface area contributed by atoms with Gasteiger partial charge in [-0.2, -0.15) is 0 Å². The Bertz CT molecular complexity index is 1490. The van der Waals surface area contributed by atoms with E-state index in [1.807, 2.05) is 18.2 Å². The summed E-state index contributed by atoms with van der Waals surface area (Å²) in [5.74, 6) is -2.77. The molecule has 8 nitrogen and oxygen atoms in total. The number of para-hydroxylation sites is 1. The summed E-state index contributed by atoms with van der Waals surface area (Å²) < 4.78 is 13.6. The molecule has 1 saturated heterocycles. The number of hydrogen-bond donors (Lipinski definition) is 2. The van der Waals surface area contributed by atoms with Crippen LogP contribution in [0.15, 0.2) is 84.6 Å². The highest BCUT2D eigenvalue weighted by molar-refractivity contribution is 6.51. The molecule has 1 aromatic heterocycles. The Morgan fingerprint density at radius 2 is 1.68 bits per heavy atom. The van der Waals surface area contributed by atoms with Crippen LogP contribution in [0.3, 0.4) is 0 Å². The van der Waals surface area contributed by atoms with Gasteiger partial charge in [-0.3, -0.25) is 24.6 Å². The summed E-state index contributed by atoms with van der Waals surface area (Å²) in [6, 6.07) is 16.4. The number of H-pyrrole nitrogens is 1. The monoisotopic (exact) mass is 457 g/mol. The van der Waals surface area contributed by atoms with Crippen LogP contribution in [0.1, 0.15) is 17.2 Å². The van der Waals surface area contributed by atoms with E-state index in [-0.39, 0.29) is 22.5 Å². The molecule has 9 heteroatoms. The van der Waals surface area contributed by atoms with Crippen molar-refractivity contribution in [3.05, 3.63) is 112 Å². The number of nitrogens with one attached hydrogen (secondary N) is 1. The predicted octanol–water partition coefficient (Wildman–Crippen LogP) is 4.84. The molecule has 3 aromatic carbocycles. The SMILES string of the molecule is O=C1C(=O)N(c2ccc(F)cc2)C(c2c[nH]c3ccccc23)/C1=C(\O)c1ccc([N+](=O)[O-])cc1. The molecule has 168 valence electrons. The average molecular weight is 457 g/mol. The number of non-ortho nitro benzene ring substituents is 1. The third kappa shape index (κ3) is 3.30. The van der Waals surface area contributed by atoms with E-state index in [1.54, 1.807) is 12.3 Å². The number of aliphatic hydroxyl groups is 1. The molecular formula is C25H16FN3O5. The van der Waals surface area contributed by atoms with Crippen molar-refractivity contribution in [3.8, 4) is 0 Å². The van der Waals surface area contributed by atoms with Gasteiger partial charge in [-0.05, 0) is 42.5 Å². The number of fused-ring (bicyclic) bond motifs is 1. The van der Waals surface area contributed by atoms with Gasteiger partial charge in [0.25, 0.3) is 17.4 Å². The number of nitrogens with zero attached hydrogens (tertiary/aromatic N) is 2. The van der Waals surface area contributed by atoms with Crippen LogP contribution < -0.4 is 4.90 Å². The van der Waals surface area contributed by atoms with Crippen molar-refractivity contribution in [2.24, 2.45) is 0 Å². The third-order valence-corrected chi connectivity index (χ3v) is 5.82. The number of carbonyl (C=O) groups excluding carboxylic acids is 2. The molecule has 2 heterocycles. The maximum Gasteiger partial charge on any atom is 0.300 e. The fourth-order valence-electron chi connectivity index (χ4n) is 4.21. The summed E-state index contributed by atoms with van der Waals surface area (Å²) in [6.45, 7) is 0. The summed E-state index contributed by atoms with van der Waals surface area (Å²) in [5.41, 5.74) is 1.39. The van der Waals surface area contributed by atoms with E-state index in [0.717, 1.165) is 10.9 Å². The van der Waals surface area contributed by atoms with Gasteiger partial charge in [0.2, 0.25) is 0 Å². The predicted molar refractivity (Wildman–Crippen MR) is 123 cm³/mol. The molecule has 5 rings (SSSR count). The largest absolute Gasteiger partial charge is 0.507 e. The number of anilines is 1. The minimum Gasteiger partial charge on any atom is -0.507 e. The number of nitro groups is 1. The van der Waals surface area contributed by atoms with Crippen molar-refractivity contribution in [2.75, 3.05) is 4.90 Å². The molecule has 0 radical (unpaired) electrons. The summed E-state index contributed by atoms with van der Waals surface area (Å²) >= 11 is 0. The van der Waals surface area contributed by atoms with Gasteiger partial charge in [0.05, 0.1) is 16.5 Å². The van der Waals surface area contributed by atoms with Crippen molar-refractivity contribution in [2.45, 2.75) is 6.04 Å². The topological polar surface area (TPSA) is 117 Å². The minimum atomic E-state index is -1.02. The molecule has 0 saturated carbocycles. The zero-order valence-corrected chi connectivity index (χ0v) is 17.4. The molecule has 34 heavy (non-hydrogen) atoms. The lowest BCUT2D eigenvalue weighted by atomic mass is 9.94. The number of aromatic nitrogens is 1. The molecule has 0 aliphatic carbocycles. The quantitative estimate of drug-likeness (QED) is 0.150. The lowest BCUT2D eigenvalue weighted by Crippen LogP contribution is -2.29. The van der Waals surface area contributed by atoms with Gasteiger partial charge in [0.1, 0.15) is 11.6 Å². The molecule has 1 amide bonds. The Kier molecular flexibility index (Phi) is 4.94. The second kappa shape index (κ2) is 7.96. The molecule has 1 fully saturated rings. The fraction of sp³-hybridized carbons (Fsp3) is 0.0400. The molecular weight excluding hydrogens is 441 g/mol. The third-order valence-electron chi connectivity index (χ3n) is 5.82. The van der Waals surface area contributed by atoms with Crippen molar-refractivity contribution in [1.29, 1.82) is 0 Å². The summed E-state index contributed by atoms with van der Waals surface area (Å²) in [6.07, 6.45) is 1.65. The summed E-state index contributed by atoms with van der Waals surface area (Å²) in [5, 5.41) is 22.8. The number of Topliss-reactive ketones (excluding diaryl/α,β-unsaturated/α-hetero) is 1. The molecule has 1 aliphatic heterocycles. The Morgan fingerprint density at radius 3 is 2.35 bits per heavy atom. The van der Waals surface area contributed by atoms with Gasteiger partial charge in [-0.1, -0.05) is 18.2 Å². The number of rotatable bonds is 4. The first-order valence-electron chi connectivity index (χ1n) is 10.2. The molecule has 1 aliphatic rings. The highest BCUT2D eigenvalue weighted by Crippen LogP contribution is 2.44. The zero-order chi connectivity index (χ0) is 24.0. The molecule has 1 unspecified atom stereocenters. The number of aromatic amines is 1. The Labute approximate surface area is 191 Å². The second-order valence-corrected chi connectivity index (χ2v) is 7.74. The van der Waals surface area contributed by atoms with Gasteiger partial charge in [0.15, 0.2) is 0 Å². The van der Waals surface area contributed by atoms with Crippen molar-refractivity contribution >= 4 is 39.7 Å². The van der Waals surface area contributed by atoms with E-state index < -0.39 is 34.2 Å². The van der Waals surface area contributed by atoms with Crippen LogP contribution in [0.5, 0.6) is 0 Å². The maximum atomic E-state index is 13.6. The maximum absolute atomic E-state index is 13.6. The van der Waals surface area contributed by atoms with Crippen LogP contribution in [0.25, 0.3) is 16.7 Å². The van der Waals surface area contributed by atoms with Crippen LogP contribution in [0.4, 0.5) is 15.8 Å². The number of nitro benzene ring substituents is 1. The van der Waals surface area contributed by atoms with E-state index in [1.165, 1.54) is 53.4 Å². The van der Waals surface area contributed by atoms with Crippen molar-refractivity contribution in [3.63, 3.8) is 0 Å². The standard InChI is InChI=1S/C25H16FN3O5/c26-15-7-11-16(12-8-15)28-22(19-13-27-20-4-2-1-3-18(19)20)21(24(31)25(28)32)23(30)14-5-9-17(10-6-14)29(33)34/h1-13,22,27,30H/b23-21+. The van der Waals surface area contributed by atoms with E-state index in [4.69, 9.17) is 0 Å². The zero-order valence-electron chi connectivity index (χ0n) is 17.4. The number of halogens is 1. The van der Waals surface area contributed by atoms with Gasteiger partial charge < -0.3 is 10.1 Å². The molecule has 2 N–H and O–H groups in total. The van der Waals surface area contributed by atoms with Gasteiger partial charge in [0, 0.05) is 46.0 Å². The minimum absolute atomic E-state index is 0.146. The second-order valence-electron chi connectivity index (χ2n) is 7.74. The number of benzene rings is 3. The molecule has 0 bridgehead atoms. The Balaban J connectivity index is 1.74. The number of hydrogen-bond acceptors (Lipinski definition) is 5. The van der Waals surface area contributed by atoms with Crippen molar-refractivity contribution in [1.82, 2.24) is 4.98 Å². The Morgan fingerprint density at radius 1 is 1.00 bits per heavy atom. The van der Waals surface area contributed by atoms with E-state index in [9.17, 15) is 29.2 Å². The molecule has 1 atom stereocenters. The Hall–Kier alpha value is -4.79. The van der Waals surface area contributed by atoms with E-state index >= 15 is 0 Å². The number of carbonyl (C=O) groups is 2. The van der Waals surface area contributed by atoms with Gasteiger partial charge in [-0.15, -0.1) is 0 Å². The van der Waals surface area contributed by atoms with Gasteiger partial charge in [-0.25, -0.2) is 4.39 Å². The molecule has 0 spiro atoms. The highest BCUT2D eigenvalue weighted by Gasteiger charge is 2.47. The lowest BCUT2D eigenvalue weighted by Gasteiger charge is -2.25. The first-order chi connectivity index (χ1) is 16.4. The van der Waals surface area contributed by atoms with E-state index in [2.05, 4.69) is 4.98 Å². The average Bonchev–Trinajstić information content (AvgIpc) is 3.38. The van der Waals surface area contributed by atoms with Crippen LogP contribution >= 0.6 is 0 Å². The van der Waals surface area contributed by atoms with Crippen LogP contribution in [-0.4, -0.2) is 26.7 Å². The summed E-state index contributed by atoms with van der Waals surface area (Å²) in [4.78, 5) is 41.1. The molecule has 4 aromatic rings. The first kappa shape index (κ1) is 21.1. The van der Waals surface area contributed by atoms with Crippen LogP contribution in [-0.2, 0) is 9.59 Å². The number of amides is 1. The lowest BCUT2D eigenvalue weighted by molar-refractivity contribution is -0.384. The fourth-order valence-corrected chi connectivity index (χ4v) is 4.21. The smallest absolute Gasteiger partial charge is 0.300 e. The van der Waals surface area contributed by atoms with E-state index in [0.29, 0.717) is 5.56 Å². The van der Waals surface area contributed by atoms with Crippen molar-refractivity contribution < 1.29 is 24.0 Å². The number of ketones is 1. The first-order valence-corrected chi connectivity index (χ1v) is 10.2. The highest BCUT2D eigenvalue weighted by atomic mass is 19.1. The summed E-state index contributed by atoms with van der Waals surface area (Å²) in [7, 11) is 0. The normalized spacial score (nSPS) is 17.4. The van der Waals surface area contributed by atoms with Gasteiger partial charge >= 0.3 is 0 Å².